The average Bonchev–Trinajstić information content (AvgIpc) is 2.87. The number of carbonyl (C=O) groups excluding carboxylic acids is 1. The SMILES string of the molecule is O=C(Nc1ccc(Cl)cc1F)c1cc2c(F)cccc2s1. The van der Waals surface area contributed by atoms with Gasteiger partial charge in [0.1, 0.15) is 11.6 Å². The summed E-state index contributed by atoms with van der Waals surface area (Å²) in [5.41, 5.74) is 0.0299. The first-order valence-corrected chi connectivity index (χ1v) is 7.18. The first-order chi connectivity index (χ1) is 10.0. The highest BCUT2D eigenvalue weighted by Crippen LogP contribution is 2.28. The fourth-order valence-electron chi connectivity index (χ4n) is 1.91. The molecule has 0 unspecified atom stereocenters. The zero-order valence-electron chi connectivity index (χ0n) is 10.5. The van der Waals surface area contributed by atoms with Crippen LogP contribution in [0.15, 0.2) is 42.5 Å². The molecule has 1 aromatic heterocycles. The van der Waals surface area contributed by atoms with Crippen LogP contribution in [0.3, 0.4) is 0 Å². The number of hydrogen-bond donors (Lipinski definition) is 1. The molecule has 0 saturated heterocycles. The molecule has 0 aliphatic carbocycles. The Bertz CT molecular complexity index is 847. The van der Waals surface area contributed by atoms with E-state index < -0.39 is 11.7 Å². The maximum Gasteiger partial charge on any atom is 0.265 e. The van der Waals surface area contributed by atoms with Gasteiger partial charge in [-0.2, -0.15) is 0 Å². The smallest absolute Gasteiger partial charge is 0.265 e. The Morgan fingerprint density at radius 2 is 1.90 bits per heavy atom. The highest BCUT2D eigenvalue weighted by molar-refractivity contribution is 7.20. The average molecular weight is 324 g/mol. The van der Waals surface area contributed by atoms with Gasteiger partial charge in [-0.05, 0) is 36.4 Å². The molecule has 0 saturated carbocycles. The highest BCUT2D eigenvalue weighted by atomic mass is 35.5. The molecule has 3 aromatic rings. The molecule has 2 aromatic carbocycles. The summed E-state index contributed by atoms with van der Waals surface area (Å²) in [7, 11) is 0. The van der Waals surface area contributed by atoms with Crippen LogP contribution >= 0.6 is 22.9 Å². The molecular formula is C15H8ClF2NOS. The fraction of sp³-hybridized carbons (Fsp3) is 0. The standard InChI is InChI=1S/C15H8ClF2NOS/c16-8-4-5-12(11(18)6-8)19-15(20)14-7-9-10(17)2-1-3-13(9)21-14/h1-7H,(H,19,20). The minimum atomic E-state index is -0.622. The van der Waals surface area contributed by atoms with E-state index in [0.29, 0.717) is 15.0 Å². The van der Waals surface area contributed by atoms with Crippen LogP contribution < -0.4 is 5.32 Å². The number of carbonyl (C=O) groups is 1. The summed E-state index contributed by atoms with van der Waals surface area (Å²) in [5, 5.41) is 3.07. The van der Waals surface area contributed by atoms with Crippen LogP contribution in [0.4, 0.5) is 14.5 Å². The summed E-state index contributed by atoms with van der Waals surface area (Å²) in [6, 6.07) is 10.1. The van der Waals surface area contributed by atoms with Gasteiger partial charge in [0.25, 0.3) is 5.91 Å². The van der Waals surface area contributed by atoms with Crippen molar-refractivity contribution in [3.05, 3.63) is 64.0 Å². The molecule has 21 heavy (non-hydrogen) atoms. The normalized spacial score (nSPS) is 10.8. The van der Waals surface area contributed by atoms with Crippen LogP contribution in [0, 0.1) is 11.6 Å². The third-order valence-electron chi connectivity index (χ3n) is 2.91. The summed E-state index contributed by atoms with van der Waals surface area (Å²) < 4.78 is 27.9. The molecule has 0 atom stereocenters. The molecule has 3 rings (SSSR count). The molecule has 0 bridgehead atoms. The number of benzene rings is 2. The maximum atomic E-state index is 13.6. The summed E-state index contributed by atoms with van der Waals surface area (Å²) >= 11 is 6.80. The van der Waals surface area contributed by atoms with Crippen molar-refractivity contribution in [1.29, 1.82) is 0 Å². The second-order valence-electron chi connectivity index (χ2n) is 4.34. The lowest BCUT2D eigenvalue weighted by molar-refractivity contribution is 0.103. The van der Waals surface area contributed by atoms with E-state index in [1.54, 1.807) is 12.1 Å². The summed E-state index contributed by atoms with van der Waals surface area (Å²) in [6.45, 7) is 0. The Labute approximate surface area is 128 Å². The van der Waals surface area contributed by atoms with Gasteiger partial charge in [-0.15, -0.1) is 11.3 Å². The van der Waals surface area contributed by atoms with Crippen molar-refractivity contribution in [3.8, 4) is 0 Å². The molecule has 0 aliphatic heterocycles. The van der Waals surface area contributed by atoms with Crippen molar-refractivity contribution in [2.45, 2.75) is 0 Å². The molecule has 0 fully saturated rings. The van der Waals surface area contributed by atoms with Crippen molar-refractivity contribution in [1.82, 2.24) is 0 Å². The molecule has 1 N–H and O–H groups in total. The molecule has 6 heteroatoms. The Morgan fingerprint density at radius 3 is 2.62 bits per heavy atom. The lowest BCUT2D eigenvalue weighted by Crippen LogP contribution is -2.11. The maximum absolute atomic E-state index is 13.6. The van der Waals surface area contributed by atoms with Gasteiger partial charge in [-0.25, -0.2) is 8.78 Å². The number of amides is 1. The molecule has 1 heterocycles. The number of nitrogens with one attached hydrogen (secondary N) is 1. The van der Waals surface area contributed by atoms with Gasteiger partial charge in [0, 0.05) is 15.1 Å². The van der Waals surface area contributed by atoms with E-state index in [4.69, 9.17) is 11.6 Å². The van der Waals surface area contributed by atoms with Crippen molar-refractivity contribution >= 4 is 44.6 Å². The van der Waals surface area contributed by atoms with Crippen molar-refractivity contribution < 1.29 is 13.6 Å². The zero-order chi connectivity index (χ0) is 15.0. The Kier molecular flexibility index (Phi) is 3.61. The third kappa shape index (κ3) is 2.75. The predicted molar refractivity (Wildman–Crippen MR) is 81.1 cm³/mol. The topological polar surface area (TPSA) is 29.1 Å². The first kappa shape index (κ1) is 14.0. The Morgan fingerprint density at radius 1 is 1.10 bits per heavy atom. The van der Waals surface area contributed by atoms with Crippen LogP contribution in [0.2, 0.25) is 5.02 Å². The highest BCUT2D eigenvalue weighted by Gasteiger charge is 2.14. The summed E-state index contributed by atoms with van der Waals surface area (Å²) in [4.78, 5) is 12.4. The molecule has 0 spiro atoms. The van der Waals surface area contributed by atoms with Crippen molar-refractivity contribution in [3.63, 3.8) is 0 Å². The quantitative estimate of drug-likeness (QED) is 0.699. The van der Waals surface area contributed by atoms with Gasteiger partial charge in [-0.3, -0.25) is 4.79 Å². The van der Waals surface area contributed by atoms with Crippen LogP contribution in [-0.2, 0) is 0 Å². The van der Waals surface area contributed by atoms with Gasteiger partial charge in [-0.1, -0.05) is 17.7 Å². The van der Waals surface area contributed by atoms with Crippen LogP contribution in [0.5, 0.6) is 0 Å². The molecular weight excluding hydrogens is 316 g/mol. The minimum absolute atomic E-state index is 0.0299. The lowest BCUT2D eigenvalue weighted by atomic mass is 10.2. The monoisotopic (exact) mass is 323 g/mol. The van der Waals surface area contributed by atoms with E-state index in [-0.39, 0.29) is 16.5 Å². The lowest BCUT2D eigenvalue weighted by Gasteiger charge is -2.04. The number of anilines is 1. The van der Waals surface area contributed by atoms with E-state index in [2.05, 4.69) is 5.32 Å². The third-order valence-corrected chi connectivity index (χ3v) is 4.25. The van der Waals surface area contributed by atoms with E-state index in [1.165, 1.54) is 24.3 Å². The summed E-state index contributed by atoms with van der Waals surface area (Å²) in [6.07, 6.45) is 0. The number of thiophene rings is 1. The van der Waals surface area contributed by atoms with Gasteiger partial charge in [0.15, 0.2) is 0 Å². The largest absolute Gasteiger partial charge is 0.319 e. The number of halogens is 3. The van der Waals surface area contributed by atoms with Crippen LogP contribution in [0.25, 0.3) is 10.1 Å². The fourth-order valence-corrected chi connectivity index (χ4v) is 3.04. The second kappa shape index (κ2) is 5.42. The van der Waals surface area contributed by atoms with Gasteiger partial charge < -0.3 is 5.32 Å². The Balaban J connectivity index is 1.92. The predicted octanol–water partition coefficient (Wildman–Crippen LogP) is 5.09. The van der Waals surface area contributed by atoms with E-state index in [0.717, 1.165) is 17.4 Å². The first-order valence-electron chi connectivity index (χ1n) is 5.99. The Hall–Kier alpha value is -1.98. The van der Waals surface area contributed by atoms with Gasteiger partial charge >= 0.3 is 0 Å². The number of hydrogen-bond acceptors (Lipinski definition) is 2. The van der Waals surface area contributed by atoms with E-state index >= 15 is 0 Å². The van der Waals surface area contributed by atoms with Gasteiger partial charge in [0.2, 0.25) is 0 Å². The number of rotatable bonds is 2. The second-order valence-corrected chi connectivity index (χ2v) is 5.86. The minimum Gasteiger partial charge on any atom is -0.319 e. The van der Waals surface area contributed by atoms with E-state index in [1.807, 2.05) is 0 Å². The zero-order valence-corrected chi connectivity index (χ0v) is 12.1. The molecule has 1 amide bonds. The molecule has 0 radical (unpaired) electrons. The number of fused-ring (bicyclic) bond motifs is 1. The molecule has 2 nitrogen and oxygen atoms in total. The van der Waals surface area contributed by atoms with Crippen molar-refractivity contribution in [2.75, 3.05) is 5.32 Å². The van der Waals surface area contributed by atoms with Crippen LogP contribution in [0.1, 0.15) is 9.67 Å². The van der Waals surface area contributed by atoms with E-state index in [9.17, 15) is 13.6 Å². The van der Waals surface area contributed by atoms with Crippen molar-refractivity contribution in [2.24, 2.45) is 0 Å². The van der Waals surface area contributed by atoms with Gasteiger partial charge in [0.05, 0.1) is 10.6 Å². The summed E-state index contributed by atoms with van der Waals surface area (Å²) in [5.74, 6) is -1.50. The van der Waals surface area contributed by atoms with Crippen LogP contribution in [-0.4, -0.2) is 5.91 Å². The molecule has 0 aliphatic rings. The molecule has 106 valence electrons.